The molecular formula is C28H46N4O2. The van der Waals surface area contributed by atoms with Crippen molar-refractivity contribution in [2.75, 3.05) is 32.7 Å². The second kappa shape index (κ2) is 15.9. The van der Waals surface area contributed by atoms with Gasteiger partial charge in [-0.25, -0.2) is 4.79 Å². The van der Waals surface area contributed by atoms with Gasteiger partial charge in [0.1, 0.15) is 0 Å². The molecule has 0 spiro atoms. The first-order valence-corrected chi connectivity index (χ1v) is 13.8. The van der Waals surface area contributed by atoms with Gasteiger partial charge in [-0.1, -0.05) is 107 Å². The predicted molar refractivity (Wildman–Crippen MR) is 139 cm³/mol. The molecule has 6 nitrogen and oxygen atoms in total. The molecule has 1 fully saturated rings. The third-order valence-corrected chi connectivity index (χ3v) is 7.08. The third kappa shape index (κ3) is 10.6. The fourth-order valence-corrected chi connectivity index (χ4v) is 4.90. The van der Waals surface area contributed by atoms with Gasteiger partial charge in [0.2, 0.25) is 0 Å². The second-order valence-corrected chi connectivity index (χ2v) is 10.0. The molecule has 1 N–H and O–H groups in total. The van der Waals surface area contributed by atoms with Gasteiger partial charge >= 0.3 is 5.76 Å². The largest absolute Gasteiger partial charge is 0.438 e. The number of benzene rings is 1. The van der Waals surface area contributed by atoms with Crippen molar-refractivity contribution >= 4 is 0 Å². The van der Waals surface area contributed by atoms with Crippen LogP contribution < -0.4 is 5.76 Å². The smallest absolute Gasteiger partial charge is 0.301 e. The lowest BCUT2D eigenvalue weighted by molar-refractivity contribution is 0.125. The average molecular weight is 471 g/mol. The first kappa shape index (κ1) is 26.7. The fraction of sp³-hybridized carbons (Fsp3) is 0.714. The number of H-pyrrole nitrogens is 1. The summed E-state index contributed by atoms with van der Waals surface area (Å²) in [6.07, 6.45) is 17.6. The Morgan fingerprint density at radius 1 is 0.765 bits per heavy atom. The Bertz CT molecular complexity index is 821. The van der Waals surface area contributed by atoms with Crippen molar-refractivity contribution in [2.45, 2.75) is 96.9 Å². The topological polar surface area (TPSA) is 65.4 Å². The molecule has 6 heteroatoms. The first-order valence-electron chi connectivity index (χ1n) is 13.8. The Hall–Kier alpha value is -1.92. The summed E-state index contributed by atoms with van der Waals surface area (Å²) in [7, 11) is 0. The number of aromatic amines is 1. The summed E-state index contributed by atoms with van der Waals surface area (Å²) in [6, 6.07) is 8.61. The molecule has 0 amide bonds. The molecule has 190 valence electrons. The van der Waals surface area contributed by atoms with Crippen LogP contribution in [0.25, 0.3) is 0 Å². The highest BCUT2D eigenvalue weighted by Gasteiger charge is 2.16. The Morgan fingerprint density at radius 3 is 1.85 bits per heavy atom. The molecule has 1 saturated heterocycles. The minimum absolute atomic E-state index is 0.496. The summed E-state index contributed by atoms with van der Waals surface area (Å²) in [4.78, 5) is 18.9. The summed E-state index contributed by atoms with van der Waals surface area (Å²) in [6.45, 7) is 9.25. The van der Waals surface area contributed by atoms with E-state index in [1.54, 1.807) is 0 Å². The molecule has 2 heterocycles. The Morgan fingerprint density at radius 2 is 1.29 bits per heavy atom. The lowest BCUT2D eigenvalue weighted by Gasteiger charge is -2.34. The molecule has 0 aliphatic carbocycles. The summed E-state index contributed by atoms with van der Waals surface area (Å²) in [5.41, 5.74) is 2.47. The monoisotopic (exact) mass is 470 g/mol. The van der Waals surface area contributed by atoms with Gasteiger partial charge in [0.25, 0.3) is 0 Å². The van der Waals surface area contributed by atoms with E-state index in [2.05, 4.69) is 55.7 Å². The number of piperazine rings is 1. The number of aromatic nitrogens is 2. The Balaban J connectivity index is 1.18. The number of nitrogens with zero attached hydrogens (tertiary/aromatic N) is 3. The van der Waals surface area contributed by atoms with Crippen molar-refractivity contribution < 1.29 is 4.52 Å². The van der Waals surface area contributed by atoms with Crippen LogP contribution in [0.4, 0.5) is 0 Å². The van der Waals surface area contributed by atoms with Gasteiger partial charge in [-0.2, -0.15) is 0 Å². The van der Waals surface area contributed by atoms with Crippen LogP contribution >= 0.6 is 0 Å². The van der Waals surface area contributed by atoms with E-state index in [-0.39, 0.29) is 0 Å². The zero-order valence-electron chi connectivity index (χ0n) is 21.4. The second-order valence-electron chi connectivity index (χ2n) is 10.0. The molecule has 3 rings (SSSR count). The Labute approximate surface area is 206 Å². The third-order valence-electron chi connectivity index (χ3n) is 7.08. The molecule has 0 radical (unpaired) electrons. The van der Waals surface area contributed by atoms with Crippen LogP contribution in [-0.2, 0) is 13.0 Å². The van der Waals surface area contributed by atoms with Crippen LogP contribution in [0.3, 0.4) is 0 Å². The van der Waals surface area contributed by atoms with Crippen LogP contribution in [0, 0.1) is 0 Å². The van der Waals surface area contributed by atoms with Gasteiger partial charge in [-0.3, -0.25) is 14.4 Å². The van der Waals surface area contributed by atoms with Crippen LogP contribution in [0.1, 0.15) is 101 Å². The van der Waals surface area contributed by atoms with E-state index >= 15 is 0 Å². The van der Waals surface area contributed by atoms with Gasteiger partial charge < -0.3 is 4.90 Å². The number of unbranched alkanes of at least 4 members (excludes halogenated alkanes) is 11. The number of nitrogens with one attached hydrogen (secondary N) is 1. The normalized spacial score (nSPS) is 15.2. The van der Waals surface area contributed by atoms with Crippen LogP contribution in [-0.4, -0.2) is 52.7 Å². The zero-order valence-corrected chi connectivity index (χ0v) is 21.4. The van der Waals surface area contributed by atoms with Gasteiger partial charge in [-0.15, -0.1) is 0 Å². The van der Waals surface area contributed by atoms with Gasteiger partial charge in [0, 0.05) is 39.1 Å². The lowest BCUT2D eigenvalue weighted by Crippen LogP contribution is -2.46. The van der Waals surface area contributed by atoms with Gasteiger partial charge in [0.05, 0.1) is 0 Å². The number of hydrogen-bond acceptors (Lipinski definition) is 5. The lowest BCUT2D eigenvalue weighted by atomic mass is 10.1. The SMILES string of the molecule is CCCCCCCCCCCCCCN1CCN(Cc2ccc(Cc3noc(=O)[nH]3)cc2)CC1. The molecule has 0 unspecified atom stereocenters. The standard InChI is InChI=1S/C28H46N4O2/c1-2-3-4-5-6-7-8-9-10-11-12-13-18-31-19-21-32(22-20-31)24-26-16-14-25(15-17-26)23-27-29-28(33)34-30-27/h14-17H,2-13,18-24H2,1H3,(H,29,30,33). The highest BCUT2D eigenvalue weighted by Crippen LogP contribution is 2.14. The van der Waals surface area contributed by atoms with Crippen molar-refractivity contribution in [2.24, 2.45) is 0 Å². The van der Waals surface area contributed by atoms with E-state index in [0.717, 1.165) is 25.2 Å². The molecule has 0 saturated carbocycles. The van der Waals surface area contributed by atoms with Crippen molar-refractivity contribution in [1.29, 1.82) is 0 Å². The molecule has 1 aromatic heterocycles. The summed E-state index contributed by atoms with van der Waals surface area (Å²) < 4.78 is 4.56. The van der Waals surface area contributed by atoms with Crippen LogP contribution in [0.2, 0.25) is 0 Å². The molecule has 34 heavy (non-hydrogen) atoms. The molecule has 1 aliphatic rings. The molecule has 0 atom stereocenters. The van der Waals surface area contributed by atoms with Crippen molar-refractivity contribution in [3.05, 3.63) is 51.8 Å². The van der Waals surface area contributed by atoms with Crippen molar-refractivity contribution in [3.8, 4) is 0 Å². The van der Waals surface area contributed by atoms with E-state index in [1.807, 2.05) is 0 Å². The summed E-state index contributed by atoms with van der Waals surface area (Å²) >= 11 is 0. The highest BCUT2D eigenvalue weighted by molar-refractivity contribution is 5.24. The molecule has 1 aliphatic heterocycles. The number of hydrogen-bond donors (Lipinski definition) is 1. The van der Waals surface area contributed by atoms with E-state index in [0.29, 0.717) is 12.2 Å². The minimum Gasteiger partial charge on any atom is -0.301 e. The highest BCUT2D eigenvalue weighted by atomic mass is 16.5. The summed E-state index contributed by atoms with van der Waals surface area (Å²) in [5.74, 6) is 0.0756. The maximum absolute atomic E-state index is 11.0. The molecule has 1 aromatic carbocycles. The number of rotatable bonds is 17. The first-order chi connectivity index (χ1) is 16.7. The molecular weight excluding hydrogens is 424 g/mol. The average Bonchev–Trinajstić information content (AvgIpc) is 3.26. The van der Waals surface area contributed by atoms with E-state index < -0.39 is 5.76 Å². The van der Waals surface area contributed by atoms with Crippen molar-refractivity contribution in [1.82, 2.24) is 19.9 Å². The van der Waals surface area contributed by atoms with Crippen LogP contribution in [0.15, 0.2) is 33.6 Å². The fourth-order valence-electron chi connectivity index (χ4n) is 4.90. The molecule has 0 bridgehead atoms. The van der Waals surface area contributed by atoms with Gasteiger partial charge in [-0.05, 0) is 24.1 Å². The van der Waals surface area contributed by atoms with E-state index in [9.17, 15) is 4.79 Å². The van der Waals surface area contributed by atoms with E-state index in [1.165, 1.54) is 102 Å². The van der Waals surface area contributed by atoms with Crippen LogP contribution in [0.5, 0.6) is 0 Å². The van der Waals surface area contributed by atoms with E-state index in [4.69, 9.17) is 0 Å². The maximum atomic E-state index is 11.0. The van der Waals surface area contributed by atoms with Gasteiger partial charge in [0.15, 0.2) is 5.82 Å². The Kier molecular flexibility index (Phi) is 12.5. The quantitative estimate of drug-likeness (QED) is 0.297. The van der Waals surface area contributed by atoms with Crippen molar-refractivity contribution in [3.63, 3.8) is 0 Å². The summed E-state index contributed by atoms with van der Waals surface area (Å²) in [5, 5.41) is 3.73. The maximum Gasteiger partial charge on any atom is 0.438 e. The molecule has 2 aromatic rings. The zero-order chi connectivity index (χ0) is 23.8. The minimum atomic E-state index is -0.496. The predicted octanol–water partition coefficient (Wildman–Crippen LogP) is 5.77.